The van der Waals surface area contributed by atoms with Crippen molar-refractivity contribution in [3.05, 3.63) is 60.0 Å². The molecule has 3 aromatic rings. The molecule has 0 fully saturated rings. The van der Waals surface area contributed by atoms with Crippen LogP contribution in [0.2, 0.25) is 0 Å². The minimum atomic E-state index is -0.280. The number of fused-ring (bicyclic) bond motifs is 2. The summed E-state index contributed by atoms with van der Waals surface area (Å²) in [6.07, 6.45) is 2.10. The van der Waals surface area contributed by atoms with Gasteiger partial charge in [0.05, 0.1) is 12.1 Å². The first-order valence-corrected chi connectivity index (χ1v) is 8.91. The molecule has 1 unspecified atom stereocenters. The number of carbonyl (C=O) groups excluding carboxylic acids is 1. The van der Waals surface area contributed by atoms with Gasteiger partial charge in [0.1, 0.15) is 5.82 Å². The van der Waals surface area contributed by atoms with Crippen molar-refractivity contribution in [2.24, 2.45) is 0 Å². The number of nitrogens with one attached hydrogen (secondary N) is 1. The number of anilines is 1. The number of aromatic amines is 1. The quantitative estimate of drug-likeness (QED) is 0.752. The Morgan fingerprint density at radius 1 is 1.33 bits per heavy atom. The molecule has 2 heterocycles. The molecule has 0 spiro atoms. The van der Waals surface area contributed by atoms with Crippen molar-refractivity contribution in [2.45, 2.75) is 24.3 Å². The van der Waals surface area contributed by atoms with Gasteiger partial charge in [0, 0.05) is 33.8 Å². The highest BCUT2D eigenvalue weighted by molar-refractivity contribution is 7.99. The zero-order valence-corrected chi connectivity index (χ0v) is 14.1. The predicted octanol–water partition coefficient (Wildman–Crippen LogP) is 4.38. The Morgan fingerprint density at radius 2 is 2.17 bits per heavy atom. The number of benzene rings is 2. The van der Waals surface area contributed by atoms with Crippen LogP contribution in [0.5, 0.6) is 0 Å². The molecule has 122 valence electrons. The Balaban J connectivity index is 1.66. The van der Waals surface area contributed by atoms with Crippen molar-refractivity contribution in [2.75, 3.05) is 10.7 Å². The fourth-order valence-corrected chi connectivity index (χ4v) is 4.29. The molecule has 1 atom stereocenters. The largest absolute Gasteiger partial charge is 0.361 e. The summed E-state index contributed by atoms with van der Waals surface area (Å²) in [7, 11) is 0. The number of nitrogens with zero attached hydrogens (tertiary/aromatic N) is 1. The van der Waals surface area contributed by atoms with Crippen LogP contribution in [0.4, 0.5) is 10.1 Å². The molecule has 0 saturated heterocycles. The molecular weight excluding hydrogens is 323 g/mol. The number of aromatic nitrogens is 1. The number of halogens is 1. The first-order chi connectivity index (χ1) is 11.6. The fourth-order valence-electron chi connectivity index (χ4n) is 3.23. The van der Waals surface area contributed by atoms with E-state index in [1.165, 1.54) is 12.1 Å². The summed E-state index contributed by atoms with van der Waals surface area (Å²) in [4.78, 5) is 19.1. The molecule has 1 N–H and O–H groups in total. The number of thioether (sulfide) groups is 1. The molecule has 0 radical (unpaired) electrons. The number of carbonyl (C=O) groups is 1. The van der Waals surface area contributed by atoms with Crippen LogP contribution in [0, 0.1) is 5.82 Å². The van der Waals surface area contributed by atoms with E-state index >= 15 is 0 Å². The van der Waals surface area contributed by atoms with Gasteiger partial charge in [0.2, 0.25) is 5.91 Å². The molecule has 24 heavy (non-hydrogen) atoms. The van der Waals surface area contributed by atoms with E-state index in [0.29, 0.717) is 6.42 Å². The second kappa shape index (κ2) is 5.98. The van der Waals surface area contributed by atoms with Crippen LogP contribution in [0.15, 0.2) is 53.6 Å². The van der Waals surface area contributed by atoms with E-state index in [9.17, 15) is 9.18 Å². The lowest BCUT2D eigenvalue weighted by atomic mass is 10.1. The van der Waals surface area contributed by atoms with Crippen molar-refractivity contribution >= 4 is 34.3 Å². The molecular formula is C19H17FN2OS. The van der Waals surface area contributed by atoms with E-state index < -0.39 is 0 Å². The highest BCUT2D eigenvalue weighted by atomic mass is 32.2. The predicted molar refractivity (Wildman–Crippen MR) is 96.1 cm³/mol. The molecule has 4 rings (SSSR count). The smallest absolute Gasteiger partial charge is 0.231 e. The molecule has 5 heteroatoms. The fraction of sp³-hybridized carbons (Fsp3) is 0.211. The number of hydrogen-bond acceptors (Lipinski definition) is 2. The van der Waals surface area contributed by atoms with Crippen molar-refractivity contribution in [3.8, 4) is 0 Å². The highest BCUT2D eigenvalue weighted by Gasteiger charge is 2.28. The minimum absolute atomic E-state index is 0.0699. The van der Waals surface area contributed by atoms with Crippen LogP contribution in [0.1, 0.15) is 12.5 Å². The molecule has 1 amide bonds. The lowest BCUT2D eigenvalue weighted by molar-refractivity contribution is -0.118. The molecule has 0 bridgehead atoms. The number of H-pyrrole nitrogens is 1. The maximum atomic E-state index is 13.3. The summed E-state index contributed by atoms with van der Waals surface area (Å²) in [5, 5.41) is 0.900. The number of hydrogen-bond donors (Lipinski definition) is 1. The molecule has 1 aromatic heterocycles. The molecule has 1 aliphatic rings. The highest BCUT2D eigenvalue weighted by Crippen LogP contribution is 2.37. The summed E-state index contributed by atoms with van der Waals surface area (Å²) in [6.45, 7) is 2.07. The summed E-state index contributed by atoms with van der Waals surface area (Å²) < 4.78 is 13.3. The van der Waals surface area contributed by atoms with Crippen molar-refractivity contribution in [1.82, 2.24) is 4.98 Å². The standard InChI is InChI=1S/C19H17FN2OS/c1-12-11-24-18-5-3-2-4-17(18)22(12)19(23)8-13-10-21-16-9-14(20)6-7-15(13)16/h2-7,9-10,12,21H,8,11H2,1H3. The number of para-hydroxylation sites is 1. The molecule has 2 aromatic carbocycles. The third-order valence-corrected chi connectivity index (χ3v) is 5.69. The zero-order valence-electron chi connectivity index (χ0n) is 13.3. The second-order valence-electron chi connectivity index (χ2n) is 6.07. The van der Waals surface area contributed by atoms with Crippen LogP contribution in [-0.2, 0) is 11.2 Å². The van der Waals surface area contributed by atoms with Crippen molar-refractivity contribution in [3.63, 3.8) is 0 Å². The third kappa shape index (κ3) is 2.59. The number of amides is 1. The van der Waals surface area contributed by atoms with Crippen LogP contribution in [0.25, 0.3) is 10.9 Å². The first-order valence-electron chi connectivity index (χ1n) is 7.93. The Hall–Kier alpha value is -2.27. The van der Waals surface area contributed by atoms with Crippen molar-refractivity contribution < 1.29 is 9.18 Å². The molecule has 0 aliphatic carbocycles. The van der Waals surface area contributed by atoms with E-state index in [1.807, 2.05) is 23.1 Å². The van der Waals surface area contributed by atoms with Crippen LogP contribution in [-0.4, -0.2) is 22.7 Å². The maximum absolute atomic E-state index is 13.3. The lowest BCUT2D eigenvalue weighted by Gasteiger charge is -2.34. The summed E-state index contributed by atoms with van der Waals surface area (Å²) in [5.41, 5.74) is 2.61. The third-order valence-electron chi connectivity index (χ3n) is 4.39. The van der Waals surface area contributed by atoms with E-state index in [-0.39, 0.29) is 17.8 Å². The Kier molecular flexibility index (Phi) is 3.81. The monoisotopic (exact) mass is 340 g/mol. The SMILES string of the molecule is CC1CSc2ccccc2N1C(=O)Cc1c[nH]c2cc(F)ccc12. The van der Waals surface area contributed by atoms with E-state index in [0.717, 1.165) is 32.8 Å². The Labute approximate surface area is 143 Å². The summed E-state index contributed by atoms with van der Waals surface area (Å²) in [6, 6.07) is 12.8. The average Bonchev–Trinajstić information content (AvgIpc) is 2.96. The zero-order chi connectivity index (χ0) is 16.7. The summed E-state index contributed by atoms with van der Waals surface area (Å²) in [5.74, 6) is 0.681. The Bertz CT molecular complexity index is 921. The van der Waals surface area contributed by atoms with Gasteiger partial charge in [0.25, 0.3) is 0 Å². The summed E-state index contributed by atoms with van der Waals surface area (Å²) >= 11 is 1.79. The van der Waals surface area contributed by atoms with Crippen LogP contribution >= 0.6 is 11.8 Å². The molecule has 3 nitrogen and oxygen atoms in total. The average molecular weight is 340 g/mol. The minimum Gasteiger partial charge on any atom is -0.361 e. The topological polar surface area (TPSA) is 36.1 Å². The van der Waals surface area contributed by atoms with Gasteiger partial charge >= 0.3 is 0 Å². The van der Waals surface area contributed by atoms with E-state index in [4.69, 9.17) is 0 Å². The van der Waals surface area contributed by atoms with Gasteiger partial charge < -0.3 is 9.88 Å². The van der Waals surface area contributed by atoms with Gasteiger partial charge in [-0.2, -0.15) is 0 Å². The number of rotatable bonds is 2. The first kappa shape index (κ1) is 15.3. The molecule has 1 aliphatic heterocycles. The van der Waals surface area contributed by atoms with Crippen LogP contribution in [0.3, 0.4) is 0 Å². The van der Waals surface area contributed by atoms with Gasteiger partial charge in [-0.15, -0.1) is 11.8 Å². The van der Waals surface area contributed by atoms with Gasteiger partial charge in [-0.3, -0.25) is 4.79 Å². The van der Waals surface area contributed by atoms with Crippen molar-refractivity contribution in [1.29, 1.82) is 0 Å². The van der Waals surface area contributed by atoms with Gasteiger partial charge in [0.15, 0.2) is 0 Å². The molecule has 0 saturated carbocycles. The Morgan fingerprint density at radius 3 is 3.04 bits per heavy atom. The van der Waals surface area contributed by atoms with E-state index in [1.54, 1.807) is 24.0 Å². The van der Waals surface area contributed by atoms with Crippen LogP contribution < -0.4 is 4.90 Å². The van der Waals surface area contributed by atoms with Gasteiger partial charge in [-0.05, 0) is 42.8 Å². The van der Waals surface area contributed by atoms with E-state index in [2.05, 4.69) is 18.0 Å². The lowest BCUT2D eigenvalue weighted by Crippen LogP contribution is -2.43. The van der Waals surface area contributed by atoms with Gasteiger partial charge in [-0.25, -0.2) is 4.39 Å². The van der Waals surface area contributed by atoms with Gasteiger partial charge in [-0.1, -0.05) is 12.1 Å². The maximum Gasteiger partial charge on any atom is 0.231 e. The second-order valence-corrected chi connectivity index (χ2v) is 7.13. The normalized spacial score (nSPS) is 17.1.